The van der Waals surface area contributed by atoms with Gasteiger partial charge in [0.25, 0.3) is 0 Å². The van der Waals surface area contributed by atoms with Gasteiger partial charge in [0.2, 0.25) is 5.91 Å². The smallest absolute Gasteiger partial charge is 0.222 e. The highest BCUT2D eigenvalue weighted by Gasteiger charge is 2.21. The number of amides is 1. The van der Waals surface area contributed by atoms with Gasteiger partial charge in [-0.05, 0) is 55.5 Å². The number of nitrogens with zero attached hydrogens (tertiary/aromatic N) is 1. The van der Waals surface area contributed by atoms with E-state index in [-0.39, 0.29) is 11.3 Å². The van der Waals surface area contributed by atoms with E-state index < -0.39 is 0 Å². The molecule has 1 amide bonds. The molecule has 4 heteroatoms. The van der Waals surface area contributed by atoms with Crippen molar-refractivity contribution in [3.63, 3.8) is 0 Å². The molecular formula is C20H32N2O2. The van der Waals surface area contributed by atoms with Crippen molar-refractivity contribution in [1.82, 2.24) is 10.2 Å². The van der Waals surface area contributed by atoms with Gasteiger partial charge in [-0.2, -0.15) is 0 Å². The first-order valence-electron chi connectivity index (χ1n) is 9.07. The summed E-state index contributed by atoms with van der Waals surface area (Å²) in [6.45, 7) is 9.21. The Bertz CT molecular complexity index is 513. The van der Waals surface area contributed by atoms with Crippen LogP contribution < -0.4 is 10.1 Å². The molecule has 0 unspecified atom stereocenters. The van der Waals surface area contributed by atoms with Gasteiger partial charge in [0.15, 0.2) is 0 Å². The lowest BCUT2D eigenvalue weighted by atomic mass is 9.87. The molecule has 0 aliphatic carbocycles. The minimum absolute atomic E-state index is 0.157. The Labute approximate surface area is 146 Å². The van der Waals surface area contributed by atoms with Crippen molar-refractivity contribution in [2.75, 3.05) is 26.7 Å². The standard InChI is InChI=1S/C20H32N2O2/c1-20(2,3)16-7-9-18(10-8-16)24-15-5-6-19(23)22(4)17-11-13-21-14-12-17/h7-10,17,21H,5-6,11-15H2,1-4H3. The lowest BCUT2D eigenvalue weighted by Crippen LogP contribution is -2.43. The summed E-state index contributed by atoms with van der Waals surface area (Å²) in [4.78, 5) is 14.2. The fourth-order valence-electron chi connectivity index (χ4n) is 3.04. The SMILES string of the molecule is CN(C(=O)CCCOc1ccc(C(C)(C)C)cc1)C1CCNCC1. The average Bonchev–Trinajstić information content (AvgIpc) is 2.58. The van der Waals surface area contributed by atoms with Crippen LogP contribution in [0.4, 0.5) is 0 Å². The van der Waals surface area contributed by atoms with Gasteiger partial charge >= 0.3 is 0 Å². The van der Waals surface area contributed by atoms with Crippen molar-refractivity contribution in [2.45, 2.75) is 57.9 Å². The maximum absolute atomic E-state index is 12.3. The average molecular weight is 332 g/mol. The third-order valence-corrected chi connectivity index (χ3v) is 4.77. The molecule has 0 aromatic heterocycles. The van der Waals surface area contributed by atoms with Gasteiger partial charge in [-0.3, -0.25) is 4.79 Å². The molecule has 1 fully saturated rings. The molecule has 2 rings (SSSR count). The van der Waals surface area contributed by atoms with E-state index >= 15 is 0 Å². The number of rotatable bonds is 6. The van der Waals surface area contributed by atoms with E-state index in [9.17, 15) is 4.79 Å². The Morgan fingerprint density at radius 2 is 1.83 bits per heavy atom. The summed E-state index contributed by atoms with van der Waals surface area (Å²) in [6.07, 6.45) is 3.42. The lowest BCUT2D eigenvalue weighted by molar-refractivity contribution is -0.132. The van der Waals surface area contributed by atoms with Crippen LogP contribution in [0.25, 0.3) is 0 Å². The van der Waals surface area contributed by atoms with E-state index in [2.05, 4.69) is 38.2 Å². The number of hydrogen-bond donors (Lipinski definition) is 1. The molecule has 1 saturated heterocycles. The Morgan fingerprint density at radius 3 is 2.42 bits per heavy atom. The number of piperidine rings is 1. The molecule has 0 bridgehead atoms. The van der Waals surface area contributed by atoms with Gasteiger partial charge < -0.3 is 15.0 Å². The van der Waals surface area contributed by atoms with Crippen LogP contribution in [0.5, 0.6) is 5.75 Å². The first kappa shape index (κ1) is 18.8. The second-order valence-corrected chi connectivity index (χ2v) is 7.71. The summed E-state index contributed by atoms with van der Waals surface area (Å²) in [5, 5.41) is 3.33. The van der Waals surface area contributed by atoms with E-state index in [1.165, 1.54) is 5.56 Å². The minimum atomic E-state index is 0.157. The van der Waals surface area contributed by atoms with Crippen molar-refractivity contribution in [2.24, 2.45) is 0 Å². The van der Waals surface area contributed by atoms with Gasteiger partial charge in [-0.1, -0.05) is 32.9 Å². The third-order valence-electron chi connectivity index (χ3n) is 4.77. The molecule has 0 spiro atoms. The number of benzene rings is 1. The van der Waals surface area contributed by atoms with Crippen molar-refractivity contribution in [3.8, 4) is 5.75 Å². The van der Waals surface area contributed by atoms with E-state index in [1.807, 2.05) is 24.1 Å². The van der Waals surface area contributed by atoms with Crippen molar-refractivity contribution >= 4 is 5.91 Å². The number of hydrogen-bond acceptors (Lipinski definition) is 3. The zero-order valence-electron chi connectivity index (χ0n) is 15.6. The first-order valence-corrected chi connectivity index (χ1v) is 9.07. The summed E-state index contributed by atoms with van der Waals surface area (Å²) < 4.78 is 5.77. The largest absolute Gasteiger partial charge is 0.494 e. The van der Waals surface area contributed by atoms with E-state index in [1.54, 1.807) is 0 Å². The minimum Gasteiger partial charge on any atom is -0.494 e. The normalized spacial score (nSPS) is 16.0. The highest BCUT2D eigenvalue weighted by Crippen LogP contribution is 2.24. The fourth-order valence-corrected chi connectivity index (χ4v) is 3.04. The third kappa shape index (κ3) is 5.52. The van der Waals surface area contributed by atoms with Gasteiger partial charge in [-0.25, -0.2) is 0 Å². The maximum atomic E-state index is 12.3. The van der Waals surface area contributed by atoms with Crippen LogP contribution in [-0.2, 0) is 10.2 Å². The quantitative estimate of drug-likeness (QED) is 0.812. The monoisotopic (exact) mass is 332 g/mol. The summed E-state index contributed by atoms with van der Waals surface area (Å²) >= 11 is 0. The van der Waals surface area contributed by atoms with Gasteiger partial charge in [0.1, 0.15) is 5.75 Å². The molecule has 0 atom stereocenters. The highest BCUT2D eigenvalue weighted by atomic mass is 16.5. The summed E-state index contributed by atoms with van der Waals surface area (Å²) in [6, 6.07) is 8.66. The molecule has 134 valence electrons. The van der Waals surface area contributed by atoms with Crippen LogP contribution in [0.15, 0.2) is 24.3 Å². The Hall–Kier alpha value is -1.55. The Balaban J connectivity index is 1.69. The molecular weight excluding hydrogens is 300 g/mol. The van der Waals surface area contributed by atoms with Crippen LogP contribution >= 0.6 is 0 Å². The van der Waals surface area contributed by atoms with Gasteiger partial charge in [0, 0.05) is 19.5 Å². The molecule has 1 aromatic carbocycles. The van der Waals surface area contributed by atoms with Crippen molar-refractivity contribution in [3.05, 3.63) is 29.8 Å². The van der Waals surface area contributed by atoms with Crippen LogP contribution in [-0.4, -0.2) is 43.6 Å². The Morgan fingerprint density at radius 1 is 1.21 bits per heavy atom. The molecule has 1 aromatic rings. The van der Waals surface area contributed by atoms with Gasteiger partial charge in [0.05, 0.1) is 6.61 Å². The molecule has 4 nitrogen and oxygen atoms in total. The van der Waals surface area contributed by atoms with Crippen LogP contribution in [0, 0.1) is 0 Å². The fraction of sp³-hybridized carbons (Fsp3) is 0.650. The first-order chi connectivity index (χ1) is 11.4. The zero-order valence-corrected chi connectivity index (χ0v) is 15.6. The number of ether oxygens (including phenoxy) is 1. The maximum Gasteiger partial charge on any atom is 0.222 e. The van der Waals surface area contributed by atoms with Crippen LogP contribution in [0.3, 0.4) is 0 Å². The van der Waals surface area contributed by atoms with E-state index in [4.69, 9.17) is 4.74 Å². The zero-order chi connectivity index (χ0) is 17.6. The molecule has 24 heavy (non-hydrogen) atoms. The lowest BCUT2D eigenvalue weighted by Gasteiger charge is -2.31. The van der Waals surface area contributed by atoms with Crippen molar-refractivity contribution < 1.29 is 9.53 Å². The molecule has 1 aliphatic rings. The second kappa shape index (κ2) is 8.52. The number of carbonyl (C=O) groups is 1. The van der Waals surface area contributed by atoms with Crippen LogP contribution in [0.1, 0.15) is 52.0 Å². The Kier molecular flexibility index (Phi) is 6.67. The summed E-state index contributed by atoms with van der Waals surface area (Å²) in [7, 11) is 1.93. The number of carbonyl (C=O) groups excluding carboxylic acids is 1. The summed E-state index contributed by atoms with van der Waals surface area (Å²) in [5.41, 5.74) is 1.46. The highest BCUT2D eigenvalue weighted by molar-refractivity contribution is 5.76. The molecule has 0 saturated carbocycles. The second-order valence-electron chi connectivity index (χ2n) is 7.71. The van der Waals surface area contributed by atoms with Gasteiger partial charge in [-0.15, -0.1) is 0 Å². The molecule has 1 aliphatic heterocycles. The van der Waals surface area contributed by atoms with Crippen LogP contribution in [0.2, 0.25) is 0 Å². The van der Waals surface area contributed by atoms with E-state index in [0.29, 0.717) is 19.1 Å². The predicted molar refractivity (Wildman–Crippen MR) is 98.5 cm³/mol. The molecule has 1 N–H and O–H groups in total. The van der Waals surface area contributed by atoms with Crippen molar-refractivity contribution in [1.29, 1.82) is 0 Å². The number of nitrogens with one attached hydrogen (secondary N) is 1. The summed E-state index contributed by atoms with van der Waals surface area (Å²) in [5.74, 6) is 1.11. The predicted octanol–water partition coefficient (Wildman–Crippen LogP) is 3.35. The molecule has 0 radical (unpaired) electrons. The molecule has 1 heterocycles. The van der Waals surface area contributed by atoms with E-state index in [0.717, 1.165) is 38.1 Å². The topological polar surface area (TPSA) is 41.6 Å².